The van der Waals surface area contributed by atoms with Crippen molar-refractivity contribution in [2.75, 3.05) is 12.9 Å². The Labute approximate surface area is 109 Å². The van der Waals surface area contributed by atoms with Crippen LogP contribution in [-0.2, 0) is 6.42 Å². The maximum atomic E-state index is 6.16. The molecular formula is C14H23NOS. The molecule has 0 saturated carbocycles. The van der Waals surface area contributed by atoms with Gasteiger partial charge in [-0.1, -0.05) is 39.0 Å². The fourth-order valence-corrected chi connectivity index (χ4v) is 2.40. The van der Waals surface area contributed by atoms with Gasteiger partial charge in [0.1, 0.15) is 5.75 Å². The van der Waals surface area contributed by atoms with Crippen molar-refractivity contribution in [2.45, 2.75) is 38.0 Å². The highest BCUT2D eigenvalue weighted by molar-refractivity contribution is 8.00. The molecule has 2 nitrogen and oxygen atoms in total. The Morgan fingerprint density at radius 2 is 1.94 bits per heavy atom. The fourth-order valence-electron chi connectivity index (χ4n) is 1.57. The van der Waals surface area contributed by atoms with E-state index >= 15 is 0 Å². The number of hydrogen-bond donors (Lipinski definition) is 1. The molecule has 0 spiro atoms. The largest absolute Gasteiger partial charge is 0.496 e. The maximum Gasteiger partial charge on any atom is 0.122 e. The summed E-state index contributed by atoms with van der Waals surface area (Å²) in [5.74, 6) is 1.91. The second-order valence-corrected chi connectivity index (χ2v) is 7.05. The topological polar surface area (TPSA) is 35.2 Å². The van der Waals surface area contributed by atoms with E-state index in [1.165, 1.54) is 5.56 Å². The Bertz CT molecular complexity index is 346. The number of ether oxygens (including phenoxy) is 1. The van der Waals surface area contributed by atoms with Crippen molar-refractivity contribution in [3.05, 3.63) is 29.8 Å². The van der Waals surface area contributed by atoms with Crippen LogP contribution < -0.4 is 10.5 Å². The Morgan fingerprint density at radius 3 is 2.53 bits per heavy atom. The van der Waals surface area contributed by atoms with Crippen molar-refractivity contribution in [1.29, 1.82) is 0 Å². The van der Waals surface area contributed by atoms with Crippen LogP contribution in [-0.4, -0.2) is 23.7 Å². The number of rotatable bonds is 5. The molecule has 0 fully saturated rings. The molecule has 1 unspecified atom stereocenters. The van der Waals surface area contributed by atoms with Crippen LogP contribution >= 0.6 is 11.8 Å². The molecule has 17 heavy (non-hydrogen) atoms. The van der Waals surface area contributed by atoms with E-state index in [1.54, 1.807) is 7.11 Å². The van der Waals surface area contributed by atoms with Gasteiger partial charge in [-0.15, -0.1) is 0 Å². The average molecular weight is 253 g/mol. The van der Waals surface area contributed by atoms with Gasteiger partial charge in [0.25, 0.3) is 0 Å². The normalized spacial score (nSPS) is 13.5. The molecule has 0 heterocycles. The predicted octanol–water partition coefficient (Wildman–Crippen LogP) is 3.10. The summed E-state index contributed by atoms with van der Waals surface area (Å²) in [5.41, 5.74) is 7.35. The third-order valence-electron chi connectivity index (χ3n) is 2.41. The highest BCUT2D eigenvalue weighted by atomic mass is 32.2. The van der Waals surface area contributed by atoms with Crippen molar-refractivity contribution >= 4 is 11.8 Å². The first-order valence-corrected chi connectivity index (χ1v) is 6.92. The molecule has 1 atom stereocenters. The van der Waals surface area contributed by atoms with Gasteiger partial charge in [-0.3, -0.25) is 0 Å². The molecular weight excluding hydrogens is 230 g/mol. The van der Waals surface area contributed by atoms with Crippen LogP contribution in [0.3, 0.4) is 0 Å². The molecule has 1 rings (SSSR count). The summed E-state index contributed by atoms with van der Waals surface area (Å²) in [6, 6.07) is 8.26. The van der Waals surface area contributed by atoms with Crippen LogP contribution in [0.5, 0.6) is 5.75 Å². The molecule has 1 aromatic carbocycles. The third-order valence-corrected chi connectivity index (χ3v) is 3.87. The summed E-state index contributed by atoms with van der Waals surface area (Å²) >= 11 is 1.91. The summed E-state index contributed by atoms with van der Waals surface area (Å²) in [4.78, 5) is 0. The second-order valence-electron chi connectivity index (χ2n) is 5.20. The summed E-state index contributed by atoms with van der Waals surface area (Å²) in [6.07, 6.45) is 0.868. The number of para-hydroxylation sites is 1. The first kappa shape index (κ1) is 14.4. The lowest BCUT2D eigenvalue weighted by molar-refractivity contribution is 0.408. The summed E-state index contributed by atoms with van der Waals surface area (Å²) in [6.45, 7) is 6.65. The van der Waals surface area contributed by atoms with Gasteiger partial charge in [0.2, 0.25) is 0 Å². The van der Waals surface area contributed by atoms with Gasteiger partial charge in [0.15, 0.2) is 0 Å². The quantitative estimate of drug-likeness (QED) is 0.876. The smallest absolute Gasteiger partial charge is 0.122 e. The van der Waals surface area contributed by atoms with Crippen LogP contribution in [0.2, 0.25) is 0 Å². The first-order valence-electron chi connectivity index (χ1n) is 5.94. The fraction of sp³-hybridized carbons (Fsp3) is 0.571. The highest BCUT2D eigenvalue weighted by Gasteiger charge is 2.14. The zero-order chi connectivity index (χ0) is 12.9. The Balaban J connectivity index is 2.53. The van der Waals surface area contributed by atoms with Gasteiger partial charge < -0.3 is 10.5 Å². The molecule has 96 valence electrons. The average Bonchev–Trinajstić information content (AvgIpc) is 2.26. The van der Waals surface area contributed by atoms with E-state index in [-0.39, 0.29) is 10.8 Å². The molecule has 0 aromatic heterocycles. The number of methoxy groups -OCH3 is 1. The van der Waals surface area contributed by atoms with Crippen molar-refractivity contribution < 1.29 is 4.74 Å². The first-order chi connectivity index (χ1) is 7.92. The van der Waals surface area contributed by atoms with Crippen LogP contribution in [0.25, 0.3) is 0 Å². The number of thioether (sulfide) groups is 1. The molecule has 1 aromatic rings. The summed E-state index contributed by atoms with van der Waals surface area (Å²) < 4.78 is 5.61. The van der Waals surface area contributed by atoms with Crippen molar-refractivity contribution in [3.63, 3.8) is 0 Å². The van der Waals surface area contributed by atoms with Crippen molar-refractivity contribution in [2.24, 2.45) is 5.73 Å². The minimum Gasteiger partial charge on any atom is -0.496 e. The lowest BCUT2D eigenvalue weighted by Crippen LogP contribution is -2.28. The van der Waals surface area contributed by atoms with E-state index in [0.717, 1.165) is 17.9 Å². The zero-order valence-corrected chi connectivity index (χ0v) is 12.0. The third kappa shape index (κ3) is 5.46. The van der Waals surface area contributed by atoms with Gasteiger partial charge in [-0.2, -0.15) is 11.8 Å². The molecule has 0 saturated heterocycles. The van der Waals surface area contributed by atoms with Gasteiger partial charge in [0, 0.05) is 16.5 Å². The highest BCUT2D eigenvalue weighted by Crippen LogP contribution is 2.25. The van der Waals surface area contributed by atoms with Gasteiger partial charge in [0.05, 0.1) is 7.11 Å². The van der Waals surface area contributed by atoms with E-state index in [9.17, 15) is 0 Å². The van der Waals surface area contributed by atoms with Crippen LogP contribution in [0.4, 0.5) is 0 Å². The number of nitrogens with two attached hydrogens (primary N) is 1. The van der Waals surface area contributed by atoms with Gasteiger partial charge >= 0.3 is 0 Å². The molecule has 0 bridgehead atoms. The Kier molecular flexibility index (Phi) is 5.34. The second kappa shape index (κ2) is 6.31. The van der Waals surface area contributed by atoms with Gasteiger partial charge in [-0.05, 0) is 18.1 Å². The zero-order valence-electron chi connectivity index (χ0n) is 11.2. The SMILES string of the molecule is COc1ccccc1CC(N)CSC(C)(C)C. The van der Waals surface area contributed by atoms with E-state index in [0.29, 0.717) is 0 Å². The van der Waals surface area contributed by atoms with Crippen LogP contribution in [0.15, 0.2) is 24.3 Å². The minimum atomic E-state index is 0.176. The summed E-state index contributed by atoms with van der Waals surface area (Å²) in [7, 11) is 1.70. The lowest BCUT2D eigenvalue weighted by atomic mass is 10.1. The van der Waals surface area contributed by atoms with E-state index in [4.69, 9.17) is 10.5 Å². The number of hydrogen-bond acceptors (Lipinski definition) is 3. The summed E-state index contributed by atoms with van der Waals surface area (Å²) in [5, 5.41) is 0. The van der Waals surface area contributed by atoms with E-state index < -0.39 is 0 Å². The Hall–Kier alpha value is -0.670. The van der Waals surface area contributed by atoms with Gasteiger partial charge in [-0.25, -0.2) is 0 Å². The Morgan fingerprint density at radius 1 is 1.29 bits per heavy atom. The monoisotopic (exact) mass is 253 g/mol. The number of benzene rings is 1. The molecule has 2 N–H and O–H groups in total. The maximum absolute atomic E-state index is 6.16. The van der Waals surface area contributed by atoms with Crippen molar-refractivity contribution in [1.82, 2.24) is 0 Å². The van der Waals surface area contributed by atoms with Crippen molar-refractivity contribution in [3.8, 4) is 5.75 Å². The lowest BCUT2D eigenvalue weighted by Gasteiger charge is -2.21. The molecule has 0 amide bonds. The molecule has 0 radical (unpaired) electrons. The van der Waals surface area contributed by atoms with E-state index in [2.05, 4.69) is 26.8 Å². The van der Waals surface area contributed by atoms with Crippen LogP contribution in [0, 0.1) is 0 Å². The minimum absolute atomic E-state index is 0.176. The molecule has 0 aliphatic rings. The van der Waals surface area contributed by atoms with E-state index in [1.807, 2.05) is 30.0 Å². The molecule has 3 heteroatoms. The van der Waals surface area contributed by atoms with Crippen LogP contribution in [0.1, 0.15) is 26.3 Å². The molecule has 0 aliphatic heterocycles. The predicted molar refractivity (Wildman–Crippen MR) is 76.9 cm³/mol. The molecule has 0 aliphatic carbocycles. The standard InChI is InChI=1S/C14H23NOS/c1-14(2,3)17-10-12(15)9-11-7-5-6-8-13(11)16-4/h5-8,12H,9-10,15H2,1-4H3.